The van der Waals surface area contributed by atoms with Gasteiger partial charge in [0.15, 0.2) is 0 Å². The van der Waals surface area contributed by atoms with E-state index in [2.05, 4.69) is 170 Å². The van der Waals surface area contributed by atoms with Gasteiger partial charge in [-0.25, -0.2) is 9.97 Å². The SMILES string of the molecule is CC1(C)c2ccccc2-c2c1ccc1cc3c(cc21)c1ccccc1n3-c1nc(-c2cc3ccc4cccc5ccc(c2)c3c45)c2sc3ccccc3c2n1. The first-order valence-electron chi connectivity index (χ1n) is 19.0. The van der Waals surface area contributed by atoms with Crippen LogP contribution in [0.3, 0.4) is 0 Å². The van der Waals surface area contributed by atoms with E-state index in [0.29, 0.717) is 5.95 Å². The van der Waals surface area contributed by atoms with E-state index in [4.69, 9.17) is 9.97 Å². The number of para-hydroxylation sites is 1. The molecule has 0 amide bonds. The largest absolute Gasteiger partial charge is 0.278 e. The molecular weight excluding hydrogens is 687 g/mol. The lowest BCUT2D eigenvalue weighted by molar-refractivity contribution is 0.661. The summed E-state index contributed by atoms with van der Waals surface area (Å²) < 4.78 is 4.63. The van der Waals surface area contributed by atoms with Gasteiger partial charge in [-0.3, -0.25) is 4.57 Å². The van der Waals surface area contributed by atoms with Crippen molar-refractivity contribution >= 4 is 96.5 Å². The van der Waals surface area contributed by atoms with Gasteiger partial charge in [-0.05, 0) is 102 Å². The summed E-state index contributed by atoms with van der Waals surface area (Å²) in [6, 6.07) is 56.1. The molecule has 3 heterocycles. The summed E-state index contributed by atoms with van der Waals surface area (Å²) >= 11 is 1.78. The summed E-state index contributed by atoms with van der Waals surface area (Å²) in [4.78, 5) is 11.1. The molecule has 0 atom stereocenters. The van der Waals surface area contributed by atoms with Crippen molar-refractivity contribution in [1.82, 2.24) is 14.5 Å². The summed E-state index contributed by atoms with van der Waals surface area (Å²) in [6.07, 6.45) is 0. The standard InChI is InChI=1S/C51H31N3S/c1-51(2)39-15-6-3-13-35(39)46-37-27-38-34-12-4-7-16-41(34)54(42(38)26-30(37)22-23-40(46)51)50-52-47(49-48(53-50)36-14-5-8-17-43(36)55-49)33-24-31-20-18-28-10-9-11-29-19-21-32(25-33)45(31)44(28)29/h3-27H,1-2H3. The average Bonchev–Trinajstić information content (AvgIpc) is 3.84. The van der Waals surface area contributed by atoms with Gasteiger partial charge in [0.1, 0.15) is 0 Å². The van der Waals surface area contributed by atoms with Crippen molar-refractivity contribution in [3.8, 4) is 28.3 Å². The fourth-order valence-electron chi connectivity index (χ4n) is 9.97. The second-order valence-corrected chi connectivity index (χ2v) is 16.8. The van der Waals surface area contributed by atoms with Crippen molar-refractivity contribution in [2.75, 3.05) is 0 Å². The predicted octanol–water partition coefficient (Wildman–Crippen LogP) is 14.0. The van der Waals surface area contributed by atoms with Crippen molar-refractivity contribution in [3.05, 3.63) is 163 Å². The number of aromatic nitrogens is 3. The molecule has 0 saturated heterocycles. The first kappa shape index (κ1) is 29.8. The van der Waals surface area contributed by atoms with Crippen LogP contribution in [-0.2, 0) is 5.41 Å². The molecule has 3 aromatic heterocycles. The number of benzene rings is 9. The molecule has 256 valence electrons. The molecule has 1 aliphatic rings. The lowest BCUT2D eigenvalue weighted by Crippen LogP contribution is -2.14. The van der Waals surface area contributed by atoms with E-state index in [9.17, 15) is 0 Å². The summed E-state index contributed by atoms with van der Waals surface area (Å²) in [6.45, 7) is 4.71. The highest BCUT2D eigenvalue weighted by Gasteiger charge is 2.36. The predicted molar refractivity (Wildman–Crippen MR) is 233 cm³/mol. The van der Waals surface area contributed by atoms with Crippen LogP contribution in [0.2, 0.25) is 0 Å². The Morgan fingerprint density at radius 1 is 0.509 bits per heavy atom. The molecule has 0 radical (unpaired) electrons. The Balaban J connectivity index is 1.13. The highest BCUT2D eigenvalue weighted by atomic mass is 32.1. The summed E-state index contributed by atoms with van der Waals surface area (Å²) in [7, 11) is 0. The first-order valence-corrected chi connectivity index (χ1v) is 19.8. The van der Waals surface area contributed by atoms with Crippen LogP contribution in [0.25, 0.3) is 114 Å². The molecular formula is C51H31N3S. The molecule has 0 bridgehead atoms. The zero-order valence-electron chi connectivity index (χ0n) is 30.2. The Hall–Kier alpha value is -6.62. The molecule has 12 aromatic rings. The Kier molecular flexibility index (Phi) is 5.59. The van der Waals surface area contributed by atoms with E-state index in [0.717, 1.165) is 37.9 Å². The van der Waals surface area contributed by atoms with Crippen LogP contribution in [0, 0.1) is 0 Å². The molecule has 0 spiro atoms. The van der Waals surface area contributed by atoms with Gasteiger partial charge >= 0.3 is 0 Å². The van der Waals surface area contributed by atoms with E-state index >= 15 is 0 Å². The van der Waals surface area contributed by atoms with Crippen molar-refractivity contribution in [1.29, 1.82) is 0 Å². The molecule has 9 aromatic carbocycles. The lowest BCUT2D eigenvalue weighted by Gasteiger charge is -2.21. The van der Waals surface area contributed by atoms with E-state index < -0.39 is 0 Å². The molecule has 0 saturated carbocycles. The third-order valence-electron chi connectivity index (χ3n) is 12.5. The maximum absolute atomic E-state index is 5.59. The van der Waals surface area contributed by atoms with Gasteiger partial charge in [0, 0.05) is 31.8 Å². The van der Waals surface area contributed by atoms with Crippen molar-refractivity contribution in [2.24, 2.45) is 0 Å². The van der Waals surface area contributed by atoms with Crippen LogP contribution >= 0.6 is 11.3 Å². The van der Waals surface area contributed by atoms with E-state index in [-0.39, 0.29) is 5.41 Å². The quantitative estimate of drug-likeness (QED) is 0.167. The van der Waals surface area contributed by atoms with Gasteiger partial charge in [0.05, 0.1) is 26.9 Å². The van der Waals surface area contributed by atoms with Gasteiger partial charge in [-0.15, -0.1) is 11.3 Å². The fraction of sp³-hybridized carbons (Fsp3) is 0.0588. The average molecular weight is 718 g/mol. The van der Waals surface area contributed by atoms with E-state index in [1.165, 1.54) is 80.8 Å². The van der Waals surface area contributed by atoms with E-state index in [1.807, 2.05) is 0 Å². The van der Waals surface area contributed by atoms with Crippen LogP contribution in [0.15, 0.2) is 152 Å². The zero-order chi connectivity index (χ0) is 36.2. The number of fused-ring (bicyclic) bond motifs is 11. The zero-order valence-corrected chi connectivity index (χ0v) is 31.0. The Labute approximate surface area is 320 Å². The Bertz CT molecular complexity index is 3580. The van der Waals surface area contributed by atoms with Crippen LogP contribution in [0.1, 0.15) is 25.0 Å². The Morgan fingerprint density at radius 3 is 2.04 bits per heavy atom. The van der Waals surface area contributed by atoms with Gasteiger partial charge in [-0.1, -0.05) is 129 Å². The third kappa shape index (κ3) is 3.84. The van der Waals surface area contributed by atoms with Gasteiger partial charge in [0.25, 0.3) is 0 Å². The highest BCUT2D eigenvalue weighted by Crippen LogP contribution is 2.52. The maximum atomic E-state index is 5.59. The molecule has 0 unspecified atom stereocenters. The van der Waals surface area contributed by atoms with Crippen LogP contribution < -0.4 is 0 Å². The number of nitrogens with zero attached hydrogens (tertiary/aromatic N) is 3. The highest BCUT2D eigenvalue weighted by molar-refractivity contribution is 7.26. The van der Waals surface area contributed by atoms with Crippen LogP contribution in [0.5, 0.6) is 0 Å². The lowest BCUT2D eigenvalue weighted by atomic mass is 9.82. The number of hydrogen-bond acceptors (Lipinski definition) is 3. The molecule has 1 aliphatic carbocycles. The van der Waals surface area contributed by atoms with Crippen molar-refractivity contribution in [2.45, 2.75) is 19.3 Å². The van der Waals surface area contributed by atoms with Crippen molar-refractivity contribution < 1.29 is 0 Å². The fourth-order valence-corrected chi connectivity index (χ4v) is 11.1. The maximum Gasteiger partial charge on any atom is 0.235 e. The van der Waals surface area contributed by atoms with Crippen LogP contribution in [0.4, 0.5) is 0 Å². The monoisotopic (exact) mass is 717 g/mol. The molecule has 0 fully saturated rings. The first-order chi connectivity index (χ1) is 27.0. The van der Waals surface area contributed by atoms with Crippen molar-refractivity contribution in [3.63, 3.8) is 0 Å². The number of thiophene rings is 1. The third-order valence-corrected chi connectivity index (χ3v) is 13.7. The van der Waals surface area contributed by atoms with E-state index in [1.54, 1.807) is 11.3 Å². The molecule has 0 N–H and O–H groups in total. The molecule has 0 aliphatic heterocycles. The summed E-state index contributed by atoms with van der Waals surface area (Å²) in [5.41, 5.74) is 10.7. The minimum Gasteiger partial charge on any atom is -0.278 e. The summed E-state index contributed by atoms with van der Waals surface area (Å²) in [5.74, 6) is 0.689. The Morgan fingerprint density at radius 2 is 1.20 bits per heavy atom. The molecule has 13 rings (SSSR count). The van der Waals surface area contributed by atoms with Crippen LogP contribution in [-0.4, -0.2) is 14.5 Å². The summed E-state index contributed by atoms with van der Waals surface area (Å²) in [5, 5.41) is 13.7. The minimum absolute atomic E-state index is 0.0571. The number of rotatable bonds is 2. The smallest absolute Gasteiger partial charge is 0.235 e. The molecule has 55 heavy (non-hydrogen) atoms. The number of hydrogen-bond donors (Lipinski definition) is 0. The van der Waals surface area contributed by atoms with Gasteiger partial charge in [0.2, 0.25) is 5.95 Å². The second-order valence-electron chi connectivity index (χ2n) is 15.8. The van der Waals surface area contributed by atoms with Gasteiger partial charge in [-0.2, -0.15) is 0 Å². The minimum atomic E-state index is -0.0571. The normalized spacial score (nSPS) is 13.8. The molecule has 4 heteroatoms. The van der Waals surface area contributed by atoms with Gasteiger partial charge < -0.3 is 0 Å². The topological polar surface area (TPSA) is 30.7 Å². The second kappa shape index (κ2) is 10.3. The molecule has 3 nitrogen and oxygen atoms in total.